The molecule has 1 unspecified atom stereocenters. The van der Waals surface area contributed by atoms with Crippen molar-refractivity contribution in [2.45, 2.75) is 18.9 Å². The summed E-state index contributed by atoms with van der Waals surface area (Å²) in [7, 11) is 1.61. The lowest BCUT2D eigenvalue weighted by Gasteiger charge is -2.28. The molecule has 2 aromatic rings. The molecule has 0 heterocycles. The minimum atomic E-state index is -1.09. The van der Waals surface area contributed by atoms with Crippen LogP contribution in [0.15, 0.2) is 54.6 Å². The predicted octanol–water partition coefficient (Wildman–Crippen LogP) is 3.13. The molecule has 0 bridgehead atoms. The first kappa shape index (κ1) is 13.8. The van der Waals surface area contributed by atoms with Gasteiger partial charge in [-0.05, 0) is 23.1 Å². The fraction of sp³-hybridized carbons (Fsp3) is 0.294. The molecular formula is C17H20O2. The standard InChI is InChI=1S/C17H20O2/c1-3-14-9-11-16(12-10-14)17(18,13-19-2)15-7-5-4-6-8-15/h4-12,18H,3,13H2,1-2H3. The molecule has 0 amide bonds. The van der Waals surface area contributed by atoms with Crippen LogP contribution in [0.1, 0.15) is 23.6 Å². The van der Waals surface area contributed by atoms with E-state index < -0.39 is 5.60 Å². The van der Waals surface area contributed by atoms with Crippen LogP contribution in [0.4, 0.5) is 0 Å². The zero-order chi connectivity index (χ0) is 13.7. The number of hydrogen-bond acceptors (Lipinski definition) is 2. The van der Waals surface area contributed by atoms with Crippen molar-refractivity contribution >= 4 is 0 Å². The van der Waals surface area contributed by atoms with Gasteiger partial charge in [-0.1, -0.05) is 61.5 Å². The summed E-state index contributed by atoms with van der Waals surface area (Å²) in [6, 6.07) is 17.7. The second-order valence-electron chi connectivity index (χ2n) is 4.71. The maximum absolute atomic E-state index is 11.0. The van der Waals surface area contributed by atoms with E-state index in [1.807, 2.05) is 42.5 Å². The highest BCUT2D eigenvalue weighted by Gasteiger charge is 2.31. The number of ether oxygens (including phenoxy) is 1. The third-order valence-corrected chi connectivity index (χ3v) is 3.44. The Morgan fingerprint density at radius 1 is 0.947 bits per heavy atom. The van der Waals surface area contributed by atoms with Crippen molar-refractivity contribution in [3.05, 3.63) is 71.3 Å². The van der Waals surface area contributed by atoms with Crippen molar-refractivity contribution in [1.82, 2.24) is 0 Å². The number of rotatable bonds is 5. The third kappa shape index (κ3) is 2.86. The Bertz CT molecular complexity index is 505. The molecule has 1 N–H and O–H groups in total. The molecule has 2 aromatic carbocycles. The Morgan fingerprint density at radius 3 is 2.05 bits per heavy atom. The number of methoxy groups -OCH3 is 1. The van der Waals surface area contributed by atoms with Gasteiger partial charge in [-0.25, -0.2) is 0 Å². The molecule has 0 saturated heterocycles. The van der Waals surface area contributed by atoms with Gasteiger partial charge in [0.2, 0.25) is 0 Å². The maximum atomic E-state index is 11.0. The van der Waals surface area contributed by atoms with Gasteiger partial charge in [-0.15, -0.1) is 0 Å². The smallest absolute Gasteiger partial charge is 0.138 e. The second-order valence-corrected chi connectivity index (χ2v) is 4.71. The van der Waals surface area contributed by atoms with E-state index in [0.29, 0.717) is 0 Å². The van der Waals surface area contributed by atoms with Crippen LogP contribution < -0.4 is 0 Å². The Morgan fingerprint density at radius 2 is 1.53 bits per heavy atom. The van der Waals surface area contributed by atoms with Gasteiger partial charge in [0.1, 0.15) is 5.60 Å². The number of aryl methyl sites for hydroxylation is 1. The molecule has 0 aromatic heterocycles. The lowest BCUT2D eigenvalue weighted by Crippen LogP contribution is -2.32. The Kier molecular flexibility index (Phi) is 4.35. The molecule has 0 aliphatic rings. The lowest BCUT2D eigenvalue weighted by molar-refractivity contribution is -0.00328. The van der Waals surface area contributed by atoms with Gasteiger partial charge < -0.3 is 9.84 Å². The Hall–Kier alpha value is -1.64. The molecule has 2 rings (SSSR count). The van der Waals surface area contributed by atoms with Gasteiger partial charge in [0.15, 0.2) is 0 Å². The van der Waals surface area contributed by atoms with Crippen molar-refractivity contribution in [1.29, 1.82) is 0 Å². The van der Waals surface area contributed by atoms with Crippen LogP contribution in [0, 0.1) is 0 Å². The number of aliphatic hydroxyl groups is 1. The van der Waals surface area contributed by atoms with E-state index >= 15 is 0 Å². The van der Waals surface area contributed by atoms with Gasteiger partial charge in [0, 0.05) is 7.11 Å². The molecule has 0 aliphatic carbocycles. The quantitative estimate of drug-likeness (QED) is 0.890. The second kappa shape index (κ2) is 6.00. The molecular weight excluding hydrogens is 236 g/mol. The minimum absolute atomic E-state index is 0.239. The Balaban J connectivity index is 2.43. The van der Waals surface area contributed by atoms with E-state index in [0.717, 1.165) is 17.5 Å². The van der Waals surface area contributed by atoms with Crippen LogP contribution in [-0.2, 0) is 16.8 Å². The normalized spacial score (nSPS) is 14.1. The highest BCUT2D eigenvalue weighted by Crippen LogP contribution is 2.30. The summed E-state index contributed by atoms with van der Waals surface area (Å²) < 4.78 is 5.22. The van der Waals surface area contributed by atoms with E-state index in [9.17, 15) is 5.11 Å². The fourth-order valence-electron chi connectivity index (χ4n) is 2.27. The van der Waals surface area contributed by atoms with Crippen molar-refractivity contribution < 1.29 is 9.84 Å². The van der Waals surface area contributed by atoms with Crippen molar-refractivity contribution in [2.24, 2.45) is 0 Å². The zero-order valence-electron chi connectivity index (χ0n) is 11.5. The summed E-state index contributed by atoms with van der Waals surface area (Å²) in [6.45, 7) is 2.36. The topological polar surface area (TPSA) is 29.5 Å². The summed E-state index contributed by atoms with van der Waals surface area (Å²) in [5.41, 5.74) is 1.87. The summed E-state index contributed by atoms with van der Waals surface area (Å²) in [5.74, 6) is 0. The van der Waals surface area contributed by atoms with Crippen molar-refractivity contribution in [3.8, 4) is 0 Å². The van der Waals surface area contributed by atoms with Crippen LogP contribution in [0.3, 0.4) is 0 Å². The van der Waals surface area contributed by atoms with Crippen LogP contribution in [0.5, 0.6) is 0 Å². The van der Waals surface area contributed by atoms with Crippen molar-refractivity contribution in [3.63, 3.8) is 0 Å². The van der Waals surface area contributed by atoms with Gasteiger partial charge in [0.05, 0.1) is 6.61 Å². The van der Waals surface area contributed by atoms with E-state index in [-0.39, 0.29) is 6.61 Å². The summed E-state index contributed by atoms with van der Waals surface area (Å²) in [5, 5.41) is 11.0. The van der Waals surface area contributed by atoms with E-state index in [4.69, 9.17) is 4.74 Å². The number of hydrogen-bond donors (Lipinski definition) is 1. The molecule has 0 aliphatic heterocycles. The first-order chi connectivity index (χ1) is 9.20. The zero-order valence-corrected chi connectivity index (χ0v) is 11.5. The van der Waals surface area contributed by atoms with Crippen LogP contribution in [0.2, 0.25) is 0 Å². The van der Waals surface area contributed by atoms with Gasteiger partial charge in [-0.3, -0.25) is 0 Å². The molecule has 1 atom stereocenters. The molecule has 0 fully saturated rings. The maximum Gasteiger partial charge on any atom is 0.138 e. The SMILES string of the molecule is CCc1ccc(C(O)(COC)c2ccccc2)cc1. The molecule has 0 saturated carbocycles. The summed E-state index contributed by atoms with van der Waals surface area (Å²) in [6.07, 6.45) is 0.994. The molecule has 2 nitrogen and oxygen atoms in total. The highest BCUT2D eigenvalue weighted by atomic mass is 16.5. The first-order valence-corrected chi connectivity index (χ1v) is 6.57. The molecule has 100 valence electrons. The summed E-state index contributed by atoms with van der Waals surface area (Å²) in [4.78, 5) is 0. The molecule has 2 heteroatoms. The van der Waals surface area contributed by atoms with E-state index in [2.05, 4.69) is 19.1 Å². The summed E-state index contributed by atoms with van der Waals surface area (Å²) >= 11 is 0. The predicted molar refractivity (Wildman–Crippen MR) is 77.1 cm³/mol. The van der Waals surface area contributed by atoms with Crippen LogP contribution in [0.25, 0.3) is 0 Å². The highest BCUT2D eigenvalue weighted by molar-refractivity contribution is 5.37. The third-order valence-electron chi connectivity index (χ3n) is 3.44. The largest absolute Gasteiger partial charge is 0.381 e. The Labute approximate surface area is 114 Å². The molecule has 0 spiro atoms. The molecule has 0 radical (unpaired) electrons. The van der Waals surface area contributed by atoms with Gasteiger partial charge in [-0.2, -0.15) is 0 Å². The monoisotopic (exact) mass is 256 g/mol. The minimum Gasteiger partial charge on any atom is -0.381 e. The fourth-order valence-corrected chi connectivity index (χ4v) is 2.27. The average molecular weight is 256 g/mol. The number of benzene rings is 2. The average Bonchev–Trinajstić information content (AvgIpc) is 2.48. The van der Waals surface area contributed by atoms with Gasteiger partial charge in [0.25, 0.3) is 0 Å². The van der Waals surface area contributed by atoms with E-state index in [1.165, 1.54) is 5.56 Å². The van der Waals surface area contributed by atoms with Crippen LogP contribution in [-0.4, -0.2) is 18.8 Å². The first-order valence-electron chi connectivity index (χ1n) is 6.57. The lowest BCUT2D eigenvalue weighted by atomic mass is 9.86. The van der Waals surface area contributed by atoms with Crippen LogP contribution >= 0.6 is 0 Å². The van der Waals surface area contributed by atoms with E-state index in [1.54, 1.807) is 7.11 Å². The van der Waals surface area contributed by atoms with Gasteiger partial charge >= 0.3 is 0 Å². The molecule has 19 heavy (non-hydrogen) atoms. The van der Waals surface area contributed by atoms with Crippen molar-refractivity contribution in [2.75, 3.05) is 13.7 Å².